The summed E-state index contributed by atoms with van der Waals surface area (Å²) in [5.74, 6) is 0.898. The van der Waals surface area contributed by atoms with Gasteiger partial charge in [-0.2, -0.15) is 5.10 Å². The van der Waals surface area contributed by atoms with Gasteiger partial charge in [-0.05, 0) is 30.5 Å². The number of aromatic nitrogens is 2. The molecule has 1 aliphatic heterocycles. The number of morpholine rings is 1. The van der Waals surface area contributed by atoms with E-state index in [9.17, 15) is 0 Å². The highest BCUT2D eigenvalue weighted by Gasteiger charge is 2.24. The van der Waals surface area contributed by atoms with Crippen molar-refractivity contribution in [2.24, 2.45) is 12.0 Å². The first-order valence-corrected chi connectivity index (χ1v) is 9.82. The van der Waals surface area contributed by atoms with Gasteiger partial charge in [0.1, 0.15) is 6.10 Å². The second-order valence-electron chi connectivity index (χ2n) is 6.57. The van der Waals surface area contributed by atoms with Crippen molar-refractivity contribution < 1.29 is 4.74 Å². The molecule has 9 heteroatoms. The van der Waals surface area contributed by atoms with Gasteiger partial charge in [0.05, 0.1) is 19.3 Å². The van der Waals surface area contributed by atoms with Crippen molar-refractivity contribution in [1.29, 1.82) is 0 Å². The Morgan fingerprint density at radius 2 is 2.21 bits per heavy atom. The van der Waals surface area contributed by atoms with Gasteiger partial charge in [0.25, 0.3) is 0 Å². The van der Waals surface area contributed by atoms with Crippen LogP contribution in [0.3, 0.4) is 0 Å². The summed E-state index contributed by atoms with van der Waals surface area (Å²) in [4.78, 5) is 6.66. The Bertz CT molecular complexity index is 798. The fraction of sp³-hybridized carbons (Fsp3) is 0.474. The second-order valence-corrected chi connectivity index (χ2v) is 7.41. The van der Waals surface area contributed by atoms with E-state index in [1.165, 1.54) is 0 Å². The molecule has 0 aliphatic carbocycles. The van der Waals surface area contributed by atoms with E-state index in [0.29, 0.717) is 11.6 Å². The number of benzene rings is 1. The molecule has 1 saturated heterocycles. The van der Waals surface area contributed by atoms with E-state index >= 15 is 0 Å². The molecule has 0 amide bonds. The first-order valence-electron chi connectivity index (χ1n) is 9.06. The predicted molar refractivity (Wildman–Crippen MR) is 125 cm³/mol. The molecule has 0 radical (unpaired) electrons. The van der Waals surface area contributed by atoms with E-state index in [2.05, 4.69) is 20.3 Å². The average Bonchev–Trinajstić information content (AvgIpc) is 3.10. The topological polar surface area (TPSA) is 54.7 Å². The zero-order chi connectivity index (χ0) is 19.2. The summed E-state index contributed by atoms with van der Waals surface area (Å²) in [6.45, 7) is 3.06. The monoisotopic (exact) mass is 537 g/mol. The number of ether oxygens (including phenoxy) is 1. The molecule has 6 nitrogen and oxygen atoms in total. The fourth-order valence-electron chi connectivity index (χ4n) is 3.19. The number of guanidine groups is 1. The summed E-state index contributed by atoms with van der Waals surface area (Å²) in [6, 6.07) is 5.65. The van der Waals surface area contributed by atoms with Gasteiger partial charge in [-0.1, -0.05) is 29.3 Å². The molecule has 2 aromatic rings. The Morgan fingerprint density at radius 1 is 1.39 bits per heavy atom. The first kappa shape index (κ1) is 23.3. The maximum absolute atomic E-state index is 6.24. The molecule has 1 unspecified atom stereocenters. The van der Waals surface area contributed by atoms with Gasteiger partial charge in [0.15, 0.2) is 5.96 Å². The lowest BCUT2D eigenvalue weighted by Gasteiger charge is -2.34. The Hall–Kier alpha value is -1.03. The molecule has 3 rings (SSSR count). The lowest BCUT2D eigenvalue weighted by atomic mass is 10.1. The van der Waals surface area contributed by atoms with Crippen LogP contribution in [-0.4, -0.2) is 53.9 Å². The van der Waals surface area contributed by atoms with Gasteiger partial charge in [0, 0.05) is 49.0 Å². The number of halogens is 3. The summed E-state index contributed by atoms with van der Waals surface area (Å²) in [5.41, 5.74) is 2.20. The number of aryl methyl sites for hydroxylation is 2. The maximum Gasteiger partial charge on any atom is 0.193 e. The Morgan fingerprint density at radius 3 is 2.89 bits per heavy atom. The number of nitrogens with zero attached hydrogens (tertiary/aromatic N) is 4. The lowest BCUT2D eigenvalue weighted by Crippen LogP contribution is -2.48. The van der Waals surface area contributed by atoms with E-state index in [1.807, 2.05) is 38.6 Å². The molecule has 1 aromatic heterocycles. The zero-order valence-corrected chi connectivity index (χ0v) is 19.9. The van der Waals surface area contributed by atoms with Crippen LogP contribution in [0.25, 0.3) is 0 Å². The van der Waals surface area contributed by atoms with E-state index in [1.54, 1.807) is 10.7 Å². The number of aliphatic imine (C=N–C) groups is 1. The highest BCUT2D eigenvalue weighted by molar-refractivity contribution is 14.0. The zero-order valence-electron chi connectivity index (χ0n) is 16.1. The number of hydrogen-bond donors (Lipinski definition) is 1. The molecule has 1 N–H and O–H groups in total. The highest BCUT2D eigenvalue weighted by atomic mass is 127. The van der Waals surface area contributed by atoms with Gasteiger partial charge < -0.3 is 15.0 Å². The van der Waals surface area contributed by atoms with Crippen LogP contribution in [0.1, 0.15) is 23.7 Å². The van der Waals surface area contributed by atoms with Crippen LogP contribution < -0.4 is 5.32 Å². The van der Waals surface area contributed by atoms with E-state index in [4.69, 9.17) is 27.9 Å². The van der Waals surface area contributed by atoms with E-state index in [-0.39, 0.29) is 30.1 Å². The van der Waals surface area contributed by atoms with Crippen molar-refractivity contribution in [1.82, 2.24) is 20.0 Å². The van der Waals surface area contributed by atoms with E-state index in [0.717, 1.165) is 54.6 Å². The van der Waals surface area contributed by atoms with E-state index < -0.39 is 0 Å². The van der Waals surface area contributed by atoms with Gasteiger partial charge in [-0.3, -0.25) is 9.67 Å². The Balaban J connectivity index is 0.00000280. The minimum Gasteiger partial charge on any atom is -0.370 e. The van der Waals surface area contributed by atoms with Gasteiger partial charge in [-0.15, -0.1) is 24.0 Å². The summed E-state index contributed by atoms with van der Waals surface area (Å²) >= 11 is 12.2. The quantitative estimate of drug-likeness (QED) is 0.272. The first-order chi connectivity index (χ1) is 13.1. The van der Waals surface area contributed by atoms with Crippen molar-refractivity contribution in [3.63, 3.8) is 0 Å². The lowest BCUT2D eigenvalue weighted by molar-refractivity contribution is -0.00801. The standard InChI is InChI=1S/C19H25Cl2N5O.HI/c1-22-19(23-7-3-4-14-5-6-16(20)10-17(14)21)26-8-9-27-18(13-26)15-11-24-25(2)12-15;/h5-6,10-12,18H,3-4,7-9,13H2,1-2H3,(H,22,23);1H. The van der Waals surface area contributed by atoms with Crippen molar-refractivity contribution in [3.8, 4) is 0 Å². The van der Waals surface area contributed by atoms with Gasteiger partial charge >= 0.3 is 0 Å². The highest BCUT2D eigenvalue weighted by Crippen LogP contribution is 2.23. The molecular weight excluding hydrogens is 512 g/mol. The van der Waals surface area contributed by atoms with Crippen molar-refractivity contribution in [2.45, 2.75) is 18.9 Å². The normalized spacial score (nSPS) is 17.4. The smallest absolute Gasteiger partial charge is 0.193 e. The van der Waals surface area contributed by atoms with Crippen molar-refractivity contribution in [2.75, 3.05) is 33.3 Å². The van der Waals surface area contributed by atoms with Crippen LogP contribution in [0.5, 0.6) is 0 Å². The molecule has 1 atom stereocenters. The third-order valence-electron chi connectivity index (χ3n) is 4.60. The summed E-state index contributed by atoms with van der Waals surface area (Å²) in [6.07, 6.45) is 5.72. The minimum atomic E-state index is 0. The number of hydrogen-bond acceptors (Lipinski definition) is 3. The Kier molecular flexibility index (Phi) is 9.33. The SMILES string of the molecule is CN=C(NCCCc1ccc(Cl)cc1Cl)N1CCOC(c2cnn(C)c2)C1.I. The average molecular weight is 538 g/mol. The summed E-state index contributed by atoms with van der Waals surface area (Å²) in [7, 11) is 3.73. The van der Waals surface area contributed by atoms with Crippen LogP contribution in [0.15, 0.2) is 35.6 Å². The number of nitrogens with one attached hydrogen (secondary N) is 1. The van der Waals surface area contributed by atoms with Crippen LogP contribution in [-0.2, 0) is 18.2 Å². The molecule has 0 bridgehead atoms. The van der Waals surface area contributed by atoms with Gasteiger partial charge in [0.2, 0.25) is 0 Å². The summed E-state index contributed by atoms with van der Waals surface area (Å²) < 4.78 is 7.70. The predicted octanol–water partition coefficient (Wildman–Crippen LogP) is 3.93. The molecular formula is C19H26Cl2IN5O. The molecule has 0 saturated carbocycles. The molecule has 154 valence electrons. The molecule has 28 heavy (non-hydrogen) atoms. The third kappa shape index (κ3) is 6.23. The fourth-order valence-corrected chi connectivity index (χ4v) is 3.69. The summed E-state index contributed by atoms with van der Waals surface area (Å²) in [5, 5.41) is 9.07. The van der Waals surface area contributed by atoms with Crippen LogP contribution in [0, 0.1) is 0 Å². The van der Waals surface area contributed by atoms with Crippen LogP contribution in [0.2, 0.25) is 10.0 Å². The van der Waals surface area contributed by atoms with Crippen LogP contribution in [0.4, 0.5) is 0 Å². The molecule has 1 fully saturated rings. The molecule has 1 aromatic carbocycles. The maximum atomic E-state index is 6.24. The molecule has 2 heterocycles. The minimum absolute atomic E-state index is 0. The van der Waals surface area contributed by atoms with Crippen molar-refractivity contribution >= 4 is 53.1 Å². The third-order valence-corrected chi connectivity index (χ3v) is 5.18. The Labute approximate surface area is 193 Å². The molecule has 1 aliphatic rings. The van der Waals surface area contributed by atoms with Crippen molar-refractivity contribution in [3.05, 3.63) is 51.8 Å². The number of rotatable bonds is 5. The largest absolute Gasteiger partial charge is 0.370 e. The van der Waals surface area contributed by atoms with Gasteiger partial charge in [-0.25, -0.2) is 0 Å². The molecule has 0 spiro atoms. The second kappa shape index (κ2) is 11.2. The van der Waals surface area contributed by atoms with Crippen LogP contribution >= 0.6 is 47.2 Å².